The van der Waals surface area contributed by atoms with Crippen molar-refractivity contribution < 1.29 is 4.39 Å². The van der Waals surface area contributed by atoms with E-state index in [2.05, 4.69) is 9.88 Å². The predicted octanol–water partition coefficient (Wildman–Crippen LogP) is 2.31. The third-order valence-electron chi connectivity index (χ3n) is 3.90. The van der Waals surface area contributed by atoms with Crippen molar-refractivity contribution in [3.63, 3.8) is 0 Å². The molecule has 2 nitrogen and oxygen atoms in total. The summed E-state index contributed by atoms with van der Waals surface area (Å²) in [6.07, 6.45) is 6.09. The van der Waals surface area contributed by atoms with Crippen molar-refractivity contribution in [3.05, 3.63) is 29.8 Å². The summed E-state index contributed by atoms with van der Waals surface area (Å²) in [5.41, 5.74) is 0.804. The molecule has 15 heavy (non-hydrogen) atoms. The average molecular weight is 206 g/mol. The lowest BCUT2D eigenvalue weighted by molar-refractivity contribution is 0.190. The molecule has 3 heterocycles. The molecule has 0 aliphatic carbocycles. The molecule has 80 valence electrons. The Labute approximate surface area is 89.1 Å². The lowest BCUT2D eigenvalue weighted by Crippen LogP contribution is -2.36. The highest BCUT2D eigenvalue weighted by Gasteiger charge is 2.46. The summed E-state index contributed by atoms with van der Waals surface area (Å²) in [4.78, 5) is 6.22. The molecule has 2 saturated heterocycles. The van der Waals surface area contributed by atoms with Gasteiger partial charge in [0.15, 0.2) is 0 Å². The average Bonchev–Trinajstić information content (AvgIpc) is 2.77. The van der Waals surface area contributed by atoms with Crippen LogP contribution in [0.4, 0.5) is 4.39 Å². The van der Waals surface area contributed by atoms with Crippen molar-refractivity contribution in [1.82, 2.24) is 9.88 Å². The molecule has 0 aromatic carbocycles. The summed E-state index contributed by atoms with van der Waals surface area (Å²) < 4.78 is 13.7. The van der Waals surface area contributed by atoms with E-state index < -0.39 is 0 Å². The molecule has 3 heteroatoms. The smallest absolute Gasteiger partial charge is 0.217 e. The zero-order valence-electron chi connectivity index (χ0n) is 8.75. The summed E-state index contributed by atoms with van der Waals surface area (Å²) in [5.74, 6) is -0.272. The van der Waals surface area contributed by atoms with Crippen LogP contribution in [-0.2, 0) is 5.54 Å². The van der Waals surface area contributed by atoms with Crippen LogP contribution in [0.2, 0.25) is 0 Å². The van der Waals surface area contributed by atoms with Crippen LogP contribution >= 0.6 is 0 Å². The molecule has 2 fully saturated rings. The van der Waals surface area contributed by atoms with E-state index >= 15 is 0 Å². The molecule has 0 amide bonds. The van der Waals surface area contributed by atoms with Gasteiger partial charge in [0.1, 0.15) is 0 Å². The normalized spacial score (nSPS) is 24.3. The Bertz CT molecular complexity index is 368. The fourth-order valence-corrected chi connectivity index (χ4v) is 3.28. The quantitative estimate of drug-likeness (QED) is 0.655. The van der Waals surface area contributed by atoms with Gasteiger partial charge >= 0.3 is 0 Å². The largest absolute Gasteiger partial charge is 0.293 e. The van der Waals surface area contributed by atoms with Gasteiger partial charge in [-0.2, -0.15) is 4.39 Å². The van der Waals surface area contributed by atoms with Crippen molar-refractivity contribution in [2.75, 3.05) is 13.1 Å². The molecule has 0 radical (unpaired) electrons. The minimum absolute atomic E-state index is 0.0155. The molecule has 0 bridgehead atoms. The van der Waals surface area contributed by atoms with Gasteiger partial charge in [0.2, 0.25) is 5.95 Å². The van der Waals surface area contributed by atoms with Gasteiger partial charge in [-0.1, -0.05) is 6.07 Å². The van der Waals surface area contributed by atoms with Crippen LogP contribution in [0.3, 0.4) is 0 Å². The number of pyridine rings is 1. The van der Waals surface area contributed by atoms with E-state index in [1.165, 1.54) is 19.0 Å². The fourth-order valence-electron chi connectivity index (χ4n) is 3.28. The van der Waals surface area contributed by atoms with Crippen LogP contribution in [-0.4, -0.2) is 23.0 Å². The molecular formula is C12H15FN2. The number of nitrogens with zero attached hydrogens (tertiary/aromatic N) is 2. The molecule has 3 rings (SSSR count). The Morgan fingerprint density at radius 2 is 2.00 bits per heavy atom. The SMILES string of the molecule is Fc1ncccc1C12CCCN1CCC2. The lowest BCUT2D eigenvalue weighted by Gasteiger charge is -2.32. The first-order chi connectivity index (χ1) is 7.33. The topological polar surface area (TPSA) is 16.1 Å². The second-order valence-electron chi connectivity index (χ2n) is 4.57. The van der Waals surface area contributed by atoms with Crippen molar-refractivity contribution in [1.29, 1.82) is 0 Å². The molecule has 2 aliphatic heterocycles. The molecule has 0 saturated carbocycles. The number of rotatable bonds is 1. The lowest BCUT2D eigenvalue weighted by atomic mass is 9.87. The maximum absolute atomic E-state index is 13.7. The Morgan fingerprint density at radius 1 is 1.27 bits per heavy atom. The van der Waals surface area contributed by atoms with Gasteiger partial charge in [-0.05, 0) is 44.8 Å². The van der Waals surface area contributed by atoms with Crippen molar-refractivity contribution in [2.45, 2.75) is 31.2 Å². The predicted molar refractivity (Wildman–Crippen MR) is 55.9 cm³/mol. The number of hydrogen-bond acceptors (Lipinski definition) is 2. The highest BCUT2D eigenvalue weighted by atomic mass is 19.1. The molecule has 1 aromatic rings. The minimum Gasteiger partial charge on any atom is -0.293 e. The summed E-state index contributed by atoms with van der Waals surface area (Å²) in [5, 5.41) is 0. The van der Waals surface area contributed by atoms with Gasteiger partial charge in [-0.25, -0.2) is 4.98 Å². The highest BCUT2D eigenvalue weighted by Crippen LogP contribution is 2.47. The van der Waals surface area contributed by atoms with E-state index in [0.29, 0.717) is 0 Å². The molecule has 0 unspecified atom stereocenters. The van der Waals surface area contributed by atoms with E-state index in [1.54, 1.807) is 0 Å². The first kappa shape index (κ1) is 9.28. The second kappa shape index (κ2) is 3.27. The standard InChI is InChI=1S/C12H15FN2/c13-11-10(4-1-7-14-11)12-5-2-8-15(12)9-3-6-12/h1,4,7H,2-3,5-6,8-9H2. The third-order valence-corrected chi connectivity index (χ3v) is 3.90. The Morgan fingerprint density at radius 3 is 2.67 bits per heavy atom. The minimum atomic E-state index is -0.272. The van der Waals surface area contributed by atoms with E-state index in [-0.39, 0.29) is 11.5 Å². The van der Waals surface area contributed by atoms with Crippen molar-refractivity contribution >= 4 is 0 Å². The Balaban J connectivity index is 2.08. The van der Waals surface area contributed by atoms with Crippen LogP contribution in [0.25, 0.3) is 0 Å². The van der Waals surface area contributed by atoms with Crippen LogP contribution in [0.5, 0.6) is 0 Å². The summed E-state index contributed by atoms with van der Waals surface area (Å²) in [7, 11) is 0. The Hall–Kier alpha value is -0.960. The molecule has 0 spiro atoms. The highest BCUT2D eigenvalue weighted by molar-refractivity contribution is 5.25. The van der Waals surface area contributed by atoms with Crippen LogP contribution in [0, 0.1) is 5.95 Å². The molecule has 0 atom stereocenters. The maximum atomic E-state index is 13.7. The van der Waals surface area contributed by atoms with E-state index in [1.807, 2.05) is 12.1 Å². The second-order valence-corrected chi connectivity index (χ2v) is 4.57. The zero-order valence-corrected chi connectivity index (χ0v) is 8.75. The van der Waals surface area contributed by atoms with Crippen molar-refractivity contribution in [2.24, 2.45) is 0 Å². The summed E-state index contributed by atoms with van der Waals surface area (Å²) in [6.45, 7) is 2.24. The number of fused-ring (bicyclic) bond motifs is 1. The monoisotopic (exact) mass is 206 g/mol. The van der Waals surface area contributed by atoms with Gasteiger partial charge in [-0.3, -0.25) is 4.90 Å². The molecule has 2 aliphatic rings. The van der Waals surface area contributed by atoms with Gasteiger partial charge < -0.3 is 0 Å². The molecule has 1 aromatic heterocycles. The van der Waals surface area contributed by atoms with E-state index in [4.69, 9.17) is 0 Å². The molecule has 0 N–H and O–H groups in total. The molecular weight excluding hydrogens is 191 g/mol. The van der Waals surface area contributed by atoms with Gasteiger partial charge in [0.25, 0.3) is 0 Å². The first-order valence-corrected chi connectivity index (χ1v) is 5.69. The van der Waals surface area contributed by atoms with Crippen LogP contribution < -0.4 is 0 Å². The Kier molecular flexibility index (Phi) is 2.02. The van der Waals surface area contributed by atoms with Gasteiger partial charge in [0, 0.05) is 11.8 Å². The first-order valence-electron chi connectivity index (χ1n) is 5.69. The third kappa shape index (κ3) is 1.22. The number of aromatic nitrogens is 1. The fraction of sp³-hybridized carbons (Fsp3) is 0.583. The van der Waals surface area contributed by atoms with Crippen molar-refractivity contribution in [3.8, 4) is 0 Å². The van der Waals surface area contributed by atoms with E-state index in [0.717, 1.165) is 31.5 Å². The van der Waals surface area contributed by atoms with Crippen LogP contribution in [0.1, 0.15) is 31.2 Å². The maximum Gasteiger partial charge on any atom is 0.217 e. The summed E-state index contributed by atoms with van der Waals surface area (Å²) >= 11 is 0. The van der Waals surface area contributed by atoms with E-state index in [9.17, 15) is 4.39 Å². The number of hydrogen-bond donors (Lipinski definition) is 0. The number of halogens is 1. The zero-order chi connectivity index (χ0) is 10.3. The van der Waals surface area contributed by atoms with Crippen LogP contribution in [0.15, 0.2) is 18.3 Å². The van der Waals surface area contributed by atoms with Gasteiger partial charge in [0.05, 0.1) is 5.54 Å². The summed E-state index contributed by atoms with van der Waals surface area (Å²) in [6, 6.07) is 3.76. The van der Waals surface area contributed by atoms with Gasteiger partial charge in [-0.15, -0.1) is 0 Å².